The van der Waals surface area contributed by atoms with Gasteiger partial charge in [-0.2, -0.15) is 5.26 Å². The van der Waals surface area contributed by atoms with E-state index in [9.17, 15) is 8.42 Å². The molecule has 19 heavy (non-hydrogen) atoms. The predicted molar refractivity (Wildman–Crippen MR) is 76.3 cm³/mol. The largest absolute Gasteiger partial charge is 0.280 e. The second-order valence-electron chi connectivity index (χ2n) is 3.48. The van der Waals surface area contributed by atoms with Crippen molar-refractivity contribution in [1.29, 1.82) is 5.26 Å². The summed E-state index contributed by atoms with van der Waals surface area (Å²) < 4.78 is 26.9. The second kappa shape index (κ2) is 5.39. The third-order valence-electron chi connectivity index (χ3n) is 2.18. The fraction of sp³-hybridized carbons (Fsp3) is 0. The molecule has 1 aromatic carbocycles. The lowest BCUT2D eigenvalue weighted by atomic mass is 10.2. The number of nitriles is 1. The Bertz CT molecular complexity index is 746. The van der Waals surface area contributed by atoms with Crippen LogP contribution in [0.4, 0.5) is 5.69 Å². The van der Waals surface area contributed by atoms with Crippen LogP contribution in [0, 0.1) is 11.3 Å². The maximum absolute atomic E-state index is 12.1. The van der Waals surface area contributed by atoms with Crippen molar-refractivity contribution < 1.29 is 8.42 Å². The molecule has 1 heterocycles. The maximum Gasteiger partial charge on any atom is 0.264 e. The smallest absolute Gasteiger partial charge is 0.264 e. The van der Waals surface area contributed by atoms with E-state index in [-0.39, 0.29) is 9.23 Å². The number of sulfonamides is 1. The van der Waals surface area contributed by atoms with Gasteiger partial charge in [-0.3, -0.25) is 4.72 Å². The van der Waals surface area contributed by atoms with Crippen LogP contribution >= 0.6 is 34.5 Å². The Labute approximate surface area is 124 Å². The molecule has 0 unspecified atom stereocenters. The van der Waals surface area contributed by atoms with Gasteiger partial charge in [0.2, 0.25) is 0 Å². The first-order valence-corrected chi connectivity index (χ1v) is 7.96. The van der Waals surface area contributed by atoms with Gasteiger partial charge < -0.3 is 0 Å². The van der Waals surface area contributed by atoms with Gasteiger partial charge in [-0.15, -0.1) is 11.3 Å². The van der Waals surface area contributed by atoms with Crippen molar-refractivity contribution in [3.8, 4) is 6.07 Å². The Morgan fingerprint density at radius 2 is 1.84 bits per heavy atom. The third-order valence-corrected chi connectivity index (χ3v) is 5.32. The van der Waals surface area contributed by atoms with Crippen LogP contribution in [0.1, 0.15) is 5.56 Å². The lowest BCUT2D eigenvalue weighted by Gasteiger charge is -2.06. The summed E-state index contributed by atoms with van der Waals surface area (Å²) in [6.07, 6.45) is 0. The van der Waals surface area contributed by atoms with Crippen LogP contribution in [0.5, 0.6) is 0 Å². The fourth-order valence-electron chi connectivity index (χ4n) is 1.33. The van der Waals surface area contributed by atoms with Crippen molar-refractivity contribution in [2.75, 3.05) is 4.72 Å². The van der Waals surface area contributed by atoms with Crippen LogP contribution in [-0.4, -0.2) is 8.42 Å². The molecule has 0 saturated carbocycles. The molecule has 0 saturated heterocycles. The quantitative estimate of drug-likeness (QED) is 0.930. The van der Waals surface area contributed by atoms with Gasteiger partial charge >= 0.3 is 0 Å². The van der Waals surface area contributed by atoms with Crippen LogP contribution < -0.4 is 4.72 Å². The molecule has 0 bridgehead atoms. The van der Waals surface area contributed by atoms with Crippen LogP contribution in [0.25, 0.3) is 0 Å². The number of thiophene rings is 1. The molecule has 0 fully saturated rings. The number of rotatable bonds is 3. The van der Waals surface area contributed by atoms with Crippen LogP contribution in [0.3, 0.4) is 0 Å². The fourth-order valence-corrected chi connectivity index (χ4v) is 4.54. The lowest BCUT2D eigenvalue weighted by molar-refractivity contribution is 0.601. The van der Waals surface area contributed by atoms with Gasteiger partial charge in [0.1, 0.15) is 9.23 Å². The number of nitrogens with zero attached hydrogens (tertiary/aromatic N) is 1. The Balaban J connectivity index is 2.31. The van der Waals surface area contributed by atoms with Crippen molar-refractivity contribution in [2.24, 2.45) is 0 Å². The van der Waals surface area contributed by atoms with Gasteiger partial charge in [-0.1, -0.05) is 23.2 Å². The predicted octanol–water partition coefficient (Wildman–Crippen LogP) is 3.73. The Kier molecular flexibility index (Phi) is 4.02. The minimum Gasteiger partial charge on any atom is -0.280 e. The van der Waals surface area contributed by atoms with Crippen molar-refractivity contribution in [3.63, 3.8) is 0 Å². The SMILES string of the molecule is N#Cc1ccc(NS(=O)(=O)c2cc(Cl)sc2Cl)cc1. The van der Waals surface area contributed by atoms with E-state index in [2.05, 4.69) is 4.72 Å². The molecule has 2 rings (SSSR count). The number of benzene rings is 1. The first-order valence-electron chi connectivity index (χ1n) is 4.90. The Morgan fingerprint density at radius 3 is 2.32 bits per heavy atom. The van der Waals surface area contributed by atoms with Crippen LogP contribution in [-0.2, 0) is 10.0 Å². The van der Waals surface area contributed by atoms with Crippen molar-refractivity contribution in [3.05, 3.63) is 44.6 Å². The molecule has 2 aromatic rings. The number of halogens is 2. The molecule has 0 radical (unpaired) electrons. The number of nitrogens with one attached hydrogen (secondary N) is 1. The highest BCUT2D eigenvalue weighted by molar-refractivity contribution is 7.93. The van der Waals surface area contributed by atoms with Crippen LogP contribution in [0.15, 0.2) is 35.2 Å². The number of hydrogen-bond acceptors (Lipinski definition) is 4. The topological polar surface area (TPSA) is 70.0 Å². The number of hydrogen-bond donors (Lipinski definition) is 1. The Hall–Kier alpha value is -1.26. The summed E-state index contributed by atoms with van der Waals surface area (Å²) in [4.78, 5) is -0.0615. The number of anilines is 1. The first-order chi connectivity index (χ1) is 8.92. The van der Waals surface area contributed by atoms with Gasteiger partial charge in [0.15, 0.2) is 0 Å². The van der Waals surface area contributed by atoms with E-state index in [1.807, 2.05) is 6.07 Å². The van der Waals surface area contributed by atoms with Gasteiger partial charge in [-0.05, 0) is 30.3 Å². The highest BCUT2D eigenvalue weighted by Crippen LogP contribution is 2.35. The molecule has 0 amide bonds. The minimum atomic E-state index is -3.78. The van der Waals surface area contributed by atoms with Gasteiger partial charge in [-0.25, -0.2) is 8.42 Å². The second-order valence-corrected chi connectivity index (χ2v) is 7.42. The molecular weight excluding hydrogens is 327 g/mol. The summed E-state index contributed by atoms with van der Waals surface area (Å²) in [5.74, 6) is 0. The molecule has 98 valence electrons. The van der Waals surface area contributed by atoms with Crippen molar-refractivity contribution in [1.82, 2.24) is 0 Å². The van der Waals surface area contributed by atoms with Crippen molar-refractivity contribution in [2.45, 2.75) is 4.90 Å². The van der Waals surface area contributed by atoms with E-state index in [1.165, 1.54) is 30.3 Å². The summed E-state index contributed by atoms with van der Waals surface area (Å²) in [5.41, 5.74) is 0.789. The molecule has 0 aliphatic carbocycles. The molecule has 0 atom stereocenters. The van der Waals surface area contributed by atoms with Gasteiger partial charge in [0.25, 0.3) is 10.0 Å². The molecule has 0 spiro atoms. The summed E-state index contributed by atoms with van der Waals surface area (Å²) in [5, 5.41) is 8.66. The summed E-state index contributed by atoms with van der Waals surface area (Å²) in [6, 6.07) is 9.26. The molecule has 0 aliphatic heterocycles. The zero-order valence-corrected chi connectivity index (χ0v) is 12.4. The standard InChI is InChI=1S/C11H6Cl2N2O2S2/c12-10-5-9(11(13)18-10)19(16,17)15-8-3-1-7(6-14)2-4-8/h1-5,15H. The monoisotopic (exact) mass is 332 g/mol. The summed E-state index contributed by atoms with van der Waals surface area (Å²) in [6.45, 7) is 0. The molecule has 4 nitrogen and oxygen atoms in total. The van der Waals surface area contributed by atoms with Gasteiger partial charge in [0, 0.05) is 5.69 Å². The minimum absolute atomic E-state index is 0.0615. The molecule has 1 N–H and O–H groups in total. The highest BCUT2D eigenvalue weighted by Gasteiger charge is 2.21. The lowest BCUT2D eigenvalue weighted by Crippen LogP contribution is -2.12. The summed E-state index contributed by atoms with van der Waals surface area (Å²) in [7, 11) is -3.78. The van der Waals surface area contributed by atoms with Crippen molar-refractivity contribution >= 4 is 50.2 Å². The van der Waals surface area contributed by atoms with E-state index < -0.39 is 10.0 Å². The molecular formula is C11H6Cl2N2O2S2. The van der Waals surface area contributed by atoms with E-state index in [0.29, 0.717) is 15.6 Å². The maximum atomic E-state index is 12.1. The van der Waals surface area contributed by atoms with E-state index in [0.717, 1.165) is 11.3 Å². The molecule has 1 aromatic heterocycles. The van der Waals surface area contributed by atoms with E-state index in [1.54, 1.807) is 0 Å². The summed E-state index contributed by atoms with van der Waals surface area (Å²) >= 11 is 12.5. The molecule has 0 aliphatic rings. The Morgan fingerprint density at radius 1 is 1.21 bits per heavy atom. The average Bonchev–Trinajstić information content (AvgIpc) is 2.70. The van der Waals surface area contributed by atoms with E-state index in [4.69, 9.17) is 28.5 Å². The van der Waals surface area contributed by atoms with Crippen LogP contribution in [0.2, 0.25) is 8.67 Å². The zero-order chi connectivity index (χ0) is 14.0. The average molecular weight is 333 g/mol. The van der Waals surface area contributed by atoms with Gasteiger partial charge in [0.05, 0.1) is 16.0 Å². The first kappa shape index (κ1) is 14.2. The van der Waals surface area contributed by atoms with E-state index >= 15 is 0 Å². The highest BCUT2D eigenvalue weighted by atomic mass is 35.5. The normalized spacial score (nSPS) is 11.0. The zero-order valence-electron chi connectivity index (χ0n) is 9.22. The molecule has 8 heteroatoms. The third kappa shape index (κ3) is 3.19.